The second-order valence-corrected chi connectivity index (χ2v) is 4.83. The lowest BCUT2D eigenvalue weighted by atomic mass is 10.0. The molecule has 100 valence electrons. The summed E-state index contributed by atoms with van der Waals surface area (Å²) in [6, 6.07) is 14.4. The van der Waals surface area contributed by atoms with Gasteiger partial charge in [0.2, 0.25) is 0 Å². The Kier molecular flexibility index (Phi) is 3.26. The summed E-state index contributed by atoms with van der Waals surface area (Å²) < 4.78 is 0. The van der Waals surface area contributed by atoms with Crippen LogP contribution in [0.25, 0.3) is 0 Å². The van der Waals surface area contributed by atoms with Crippen molar-refractivity contribution in [3.8, 4) is 0 Å². The van der Waals surface area contributed by atoms with E-state index < -0.39 is 5.91 Å². The van der Waals surface area contributed by atoms with Crippen molar-refractivity contribution in [1.29, 1.82) is 0 Å². The van der Waals surface area contributed by atoms with E-state index in [2.05, 4.69) is 4.99 Å². The number of aliphatic imine (C=N–C) groups is 1. The van der Waals surface area contributed by atoms with Crippen molar-refractivity contribution < 1.29 is 10.0 Å². The molecule has 2 aromatic carbocycles. The first-order valence-corrected chi connectivity index (χ1v) is 6.46. The number of hydrogen-bond acceptors (Lipinski definition) is 3. The number of rotatable bonds is 1. The van der Waals surface area contributed by atoms with Crippen molar-refractivity contribution in [3.05, 3.63) is 64.7 Å². The van der Waals surface area contributed by atoms with Crippen LogP contribution in [-0.2, 0) is 4.79 Å². The zero-order chi connectivity index (χ0) is 14.1. The molecule has 0 saturated heterocycles. The van der Waals surface area contributed by atoms with Crippen molar-refractivity contribution in [3.63, 3.8) is 0 Å². The van der Waals surface area contributed by atoms with Crippen molar-refractivity contribution in [2.45, 2.75) is 0 Å². The van der Waals surface area contributed by atoms with Gasteiger partial charge in [0.1, 0.15) is 6.54 Å². The van der Waals surface area contributed by atoms with Crippen molar-refractivity contribution >= 4 is 28.9 Å². The van der Waals surface area contributed by atoms with E-state index >= 15 is 0 Å². The number of fused-ring (bicyclic) bond motifs is 1. The molecular weight excluding hydrogens is 276 g/mol. The third kappa shape index (κ3) is 2.19. The smallest absolute Gasteiger partial charge is 0.272 e. The molecule has 0 bridgehead atoms. The molecule has 1 heterocycles. The maximum Gasteiger partial charge on any atom is 0.272 e. The molecule has 20 heavy (non-hydrogen) atoms. The summed E-state index contributed by atoms with van der Waals surface area (Å²) >= 11 is 6.03. The van der Waals surface area contributed by atoms with Crippen molar-refractivity contribution in [2.75, 3.05) is 11.6 Å². The average Bonchev–Trinajstić information content (AvgIpc) is 2.58. The Bertz CT molecular complexity index is 698. The van der Waals surface area contributed by atoms with Gasteiger partial charge in [0.05, 0.1) is 11.4 Å². The first-order valence-electron chi connectivity index (χ1n) is 6.08. The van der Waals surface area contributed by atoms with Crippen LogP contribution in [0.4, 0.5) is 5.69 Å². The highest BCUT2D eigenvalue weighted by molar-refractivity contribution is 6.31. The van der Waals surface area contributed by atoms with Gasteiger partial charge in [0.25, 0.3) is 5.91 Å². The molecule has 5 heteroatoms. The van der Waals surface area contributed by atoms with Gasteiger partial charge in [-0.3, -0.25) is 15.0 Å². The summed E-state index contributed by atoms with van der Waals surface area (Å²) in [6.07, 6.45) is 0. The Morgan fingerprint density at radius 1 is 1.15 bits per heavy atom. The van der Waals surface area contributed by atoms with Crippen LogP contribution >= 0.6 is 11.6 Å². The molecule has 0 saturated carbocycles. The molecule has 2 aromatic rings. The molecule has 0 fully saturated rings. The van der Waals surface area contributed by atoms with Crippen molar-refractivity contribution in [2.24, 2.45) is 4.99 Å². The van der Waals surface area contributed by atoms with E-state index in [4.69, 9.17) is 11.6 Å². The Labute approximate surface area is 120 Å². The topological polar surface area (TPSA) is 52.9 Å². The van der Waals surface area contributed by atoms with E-state index in [1.807, 2.05) is 30.3 Å². The van der Waals surface area contributed by atoms with Crippen LogP contribution in [-0.4, -0.2) is 23.4 Å². The first-order chi connectivity index (χ1) is 9.66. The van der Waals surface area contributed by atoms with Gasteiger partial charge < -0.3 is 0 Å². The number of anilines is 1. The number of hydrogen-bond donors (Lipinski definition) is 1. The van der Waals surface area contributed by atoms with E-state index in [1.54, 1.807) is 18.2 Å². The lowest BCUT2D eigenvalue weighted by molar-refractivity contribution is -0.122. The number of amides is 1. The maximum absolute atomic E-state index is 11.8. The second-order valence-electron chi connectivity index (χ2n) is 4.40. The molecule has 0 aliphatic carbocycles. The van der Waals surface area contributed by atoms with Gasteiger partial charge in [-0.15, -0.1) is 0 Å². The highest BCUT2D eigenvalue weighted by Crippen LogP contribution is 2.28. The minimum Gasteiger partial charge on any atom is -0.281 e. The predicted molar refractivity (Wildman–Crippen MR) is 77.7 cm³/mol. The van der Waals surface area contributed by atoms with E-state index in [1.165, 1.54) is 0 Å². The molecule has 4 nitrogen and oxygen atoms in total. The fourth-order valence-corrected chi connectivity index (χ4v) is 2.33. The summed E-state index contributed by atoms with van der Waals surface area (Å²) in [7, 11) is 0. The molecule has 0 atom stereocenters. The lowest BCUT2D eigenvalue weighted by Crippen LogP contribution is -2.28. The van der Waals surface area contributed by atoms with Crippen LogP contribution in [0.2, 0.25) is 5.02 Å². The fraction of sp³-hybridized carbons (Fsp3) is 0.0667. The van der Waals surface area contributed by atoms with E-state index in [0.29, 0.717) is 27.0 Å². The number of hydroxylamine groups is 1. The van der Waals surface area contributed by atoms with Crippen LogP contribution in [0.3, 0.4) is 0 Å². The summed E-state index contributed by atoms with van der Waals surface area (Å²) in [6.45, 7) is -0.104. The van der Waals surface area contributed by atoms with Crippen LogP contribution < -0.4 is 5.06 Å². The number of nitrogens with zero attached hydrogens (tertiary/aromatic N) is 2. The van der Waals surface area contributed by atoms with Gasteiger partial charge >= 0.3 is 0 Å². The van der Waals surface area contributed by atoms with Crippen LogP contribution in [0.1, 0.15) is 11.1 Å². The van der Waals surface area contributed by atoms with Crippen LogP contribution in [0.5, 0.6) is 0 Å². The zero-order valence-electron chi connectivity index (χ0n) is 10.5. The Balaban J connectivity index is 2.23. The number of carbonyl (C=O) groups excluding carboxylic acids is 1. The third-order valence-electron chi connectivity index (χ3n) is 3.10. The monoisotopic (exact) mass is 286 g/mol. The lowest BCUT2D eigenvalue weighted by Gasteiger charge is -2.15. The number of benzene rings is 2. The van der Waals surface area contributed by atoms with Gasteiger partial charge in [-0.1, -0.05) is 41.9 Å². The van der Waals surface area contributed by atoms with E-state index in [9.17, 15) is 10.0 Å². The maximum atomic E-state index is 11.8. The standard InChI is InChI=1S/C15H11ClN2O2/c16-11-6-7-13-12(8-11)15(10-4-2-1-3-5-10)17-9-14(19)18(13)20/h1-8,20H,9H2. The average molecular weight is 287 g/mol. The molecule has 1 N–H and O–H groups in total. The molecule has 1 aliphatic heterocycles. The molecule has 1 amide bonds. The summed E-state index contributed by atoms with van der Waals surface area (Å²) in [5.41, 5.74) is 2.55. The minimum absolute atomic E-state index is 0.104. The Hall–Kier alpha value is -2.17. The molecular formula is C15H11ClN2O2. The quantitative estimate of drug-likeness (QED) is 0.820. The van der Waals surface area contributed by atoms with E-state index in [-0.39, 0.29) is 6.54 Å². The van der Waals surface area contributed by atoms with E-state index in [0.717, 1.165) is 5.56 Å². The van der Waals surface area contributed by atoms with Gasteiger partial charge in [-0.2, -0.15) is 5.06 Å². The molecule has 0 radical (unpaired) electrons. The second kappa shape index (κ2) is 5.07. The molecule has 0 unspecified atom stereocenters. The van der Waals surface area contributed by atoms with Crippen LogP contribution in [0, 0.1) is 0 Å². The van der Waals surface area contributed by atoms with Crippen LogP contribution in [0.15, 0.2) is 53.5 Å². The highest BCUT2D eigenvalue weighted by atomic mass is 35.5. The molecule has 0 aromatic heterocycles. The molecule has 0 spiro atoms. The first kappa shape index (κ1) is 12.8. The fourth-order valence-electron chi connectivity index (χ4n) is 2.16. The summed E-state index contributed by atoms with van der Waals surface area (Å²) in [5.74, 6) is -0.473. The highest BCUT2D eigenvalue weighted by Gasteiger charge is 2.24. The van der Waals surface area contributed by atoms with Gasteiger partial charge in [0, 0.05) is 16.1 Å². The molecule has 1 aliphatic rings. The normalized spacial score (nSPS) is 14.6. The Morgan fingerprint density at radius 2 is 1.90 bits per heavy atom. The largest absolute Gasteiger partial charge is 0.281 e. The number of benzodiazepines with no additional fused rings is 1. The number of carbonyl (C=O) groups is 1. The predicted octanol–water partition coefficient (Wildman–Crippen LogP) is 2.91. The number of halogens is 1. The minimum atomic E-state index is -0.473. The van der Waals surface area contributed by atoms with Gasteiger partial charge in [-0.05, 0) is 18.2 Å². The Morgan fingerprint density at radius 3 is 2.65 bits per heavy atom. The van der Waals surface area contributed by atoms with Gasteiger partial charge in [-0.25, -0.2) is 0 Å². The molecule has 3 rings (SSSR count). The summed E-state index contributed by atoms with van der Waals surface area (Å²) in [4.78, 5) is 16.1. The van der Waals surface area contributed by atoms with Crippen molar-refractivity contribution in [1.82, 2.24) is 0 Å². The van der Waals surface area contributed by atoms with Gasteiger partial charge in [0.15, 0.2) is 0 Å². The third-order valence-corrected chi connectivity index (χ3v) is 3.33. The SMILES string of the molecule is O=C1CN=C(c2ccccc2)c2cc(Cl)ccc2N1O. The zero-order valence-corrected chi connectivity index (χ0v) is 11.2. The summed E-state index contributed by atoms with van der Waals surface area (Å²) in [5, 5.41) is 11.1.